The van der Waals surface area contributed by atoms with E-state index in [1.165, 1.54) is 45.4 Å². The third-order valence-electron chi connectivity index (χ3n) is 3.54. The van der Waals surface area contributed by atoms with Crippen LogP contribution in [0.25, 0.3) is 0 Å². The molecule has 0 atom stereocenters. The van der Waals surface area contributed by atoms with Crippen molar-refractivity contribution < 1.29 is 0 Å². The number of nitrogens with one attached hydrogen (secondary N) is 1. The molecular formula is C13H28N2. The van der Waals surface area contributed by atoms with Gasteiger partial charge in [0.2, 0.25) is 0 Å². The fourth-order valence-corrected chi connectivity index (χ4v) is 2.49. The van der Waals surface area contributed by atoms with Crippen molar-refractivity contribution in [3.63, 3.8) is 0 Å². The average Bonchev–Trinajstić information content (AvgIpc) is 2.35. The number of hydrogen-bond acceptors (Lipinski definition) is 2. The van der Waals surface area contributed by atoms with E-state index in [2.05, 4.69) is 37.9 Å². The molecular weight excluding hydrogens is 184 g/mol. The summed E-state index contributed by atoms with van der Waals surface area (Å²) in [6, 6.07) is 0. The van der Waals surface area contributed by atoms with Crippen molar-refractivity contribution in [2.75, 3.05) is 26.2 Å². The maximum Gasteiger partial charge on any atom is 0.0252 e. The second-order valence-corrected chi connectivity index (χ2v) is 5.58. The summed E-state index contributed by atoms with van der Waals surface area (Å²) in [5.74, 6) is 0.888. The van der Waals surface area contributed by atoms with Crippen LogP contribution in [0.5, 0.6) is 0 Å². The Hall–Kier alpha value is -0.0800. The molecule has 0 amide bonds. The Bertz CT molecular complexity index is 173. The molecule has 2 heteroatoms. The molecule has 1 heterocycles. The van der Waals surface area contributed by atoms with Crippen molar-refractivity contribution in [2.24, 2.45) is 5.92 Å². The van der Waals surface area contributed by atoms with Crippen LogP contribution >= 0.6 is 0 Å². The smallest absolute Gasteiger partial charge is 0.0252 e. The molecule has 2 nitrogen and oxygen atoms in total. The van der Waals surface area contributed by atoms with Gasteiger partial charge >= 0.3 is 0 Å². The zero-order valence-corrected chi connectivity index (χ0v) is 11.0. The molecule has 0 saturated carbocycles. The van der Waals surface area contributed by atoms with E-state index in [9.17, 15) is 0 Å². The minimum Gasteiger partial charge on any atom is -0.310 e. The van der Waals surface area contributed by atoms with Crippen LogP contribution in [0.15, 0.2) is 0 Å². The first-order chi connectivity index (χ1) is 7.07. The molecule has 0 spiro atoms. The van der Waals surface area contributed by atoms with Gasteiger partial charge in [0.25, 0.3) is 0 Å². The molecule has 1 saturated heterocycles. The van der Waals surface area contributed by atoms with Crippen molar-refractivity contribution in [3.8, 4) is 0 Å². The zero-order chi connectivity index (χ0) is 11.3. The first-order valence-corrected chi connectivity index (χ1v) is 6.54. The lowest BCUT2D eigenvalue weighted by Crippen LogP contribution is -2.47. The van der Waals surface area contributed by atoms with Crippen LogP contribution < -0.4 is 5.32 Å². The molecule has 0 radical (unpaired) electrons. The molecule has 0 aromatic heterocycles. The predicted octanol–water partition coefficient (Wildman–Crippen LogP) is 2.50. The summed E-state index contributed by atoms with van der Waals surface area (Å²) in [6.45, 7) is 14.2. The number of nitrogens with zero attached hydrogens (tertiary/aromatic N) is 1. The molecule has 0 unspecified atom stereocenters. The van der Waals surface area contributed by atoms with Crippen LogP contribution in [0.1, 0.15) is 47.0 Å². The summed E-state index contributed by atoms with van der Waals surface area (Å²) in [5.41, 5.74) is 0.294. The first-order valence-electron chi connectivity index (χ1n) is 6.54. The van der Waals surface area contributed by atoms with Crippen molar-refractivity contribution in [3.05, 3.63) is 0 Å². The fourth-order valence-electron chi connectivity index (χ4n) is 2.49. The topological polar surface area (TPSA) is 15.3 Å². The Balaban J connectivity index is 2.45. The van der Waals surface area contributed by atoms with E-state index in [1.807, 2.05) is 0 Å². The van der Waals surface area contributed by atoms with E-state index < -0.39 is 0 Å². The lowest BCUT2D eigenvalue weighted by Gasteiger charge is -2.32. The number of hydrogen-bond donors (Lipinski definition) is 1. The Morgan fingerprint density at radius 1 is 1.27 bits per heavy atom. The van der Waals surface area contributed by atoms with E-state index >= 15 is 0 Å². The van der Waals surface area contributed by atoms with Gasteiger partial charge in [0.05, 0.1) is 0 Å². The van der Waals surface area contributed by atoms with Crippen LogP contribution in [-0.2, 0) is 0 Å². The van der Waals surface area contributed by atoms with Crippen molar-refractivity contribution >= 4 is 0 Å². The quantitative estimate of drug-likeness (QED) is 0.770. The van der Waals surface area contributed by atoms with Crippen LogP contribution in [0.3, 0.4) is 0 Å². The predicted molar refractivity (Wildman–Crippen MR) is 67.2 cm³/mol. The van der Waals surface area contributed by atoms with Gasteiger partial charge in [-0.25, -0.2) is 0 Å². The number of rotatable bonds is 4. The highest BCUT2D eigenvalue weighted by molar-refractivity contribution is 4.85. The van der Waals surface area contributed by atoms with Crippen molar-refractivity contribution in [1.82, 2.24) is 10.2 Å². The second-order valence-electron chi connectivity index (χ2n) is 5.58. The summed E-state index contributed by atoms with van der Waals surface area (Å²) in [5, 5.41) is 3.62. The highest BCUT2D eigenvalue weighted by Gasteiger charge is 2.24. The minimum atomic E-state index is 0.294. The van der Waals surface area contributed by atoms with E-state index in [0.29, 0.717) is 5.54 Å². The lowest BCUT2D eigenvalue weighted by atomic mass is 10.0. The fraction of sp³-hybridized carbons (Fsp3) is 1.00. The SMILES string of the molecule is CCC(CC)CN1CCCNC(C)(C)C1. The van der Waals surface area contributed by atoms with Crippen LogP contribution in [0.2, 0.25) is 0 Å². The van der Waals surface area contributed by atoms with Gasteiger partial charge < -0.3 is 10.2 Å². The Kier molecular flexibility index (Phi) is 5.07. The summed E-state index contributed by atoms with van der Waals surface area (Å²) in [7, 11) is 0. The molecule has 1 rings (SSSR count). The minimum absolute atomic E-state index is 0.294. The molecule has 0 aromatic carbocycles. The normalized spacial score (nSPS) is 23.0. The van der Waals surface area contributed by atoms with Crippen LogP contribution in [-0.4, -0.2) is 36.6 Å². The first kappa shape index (κ1) is 13.0. The molecule has 0 aliphatic carbocycles. The van der Waals surface area contributed by atoms with Gasteiger partial charge in [-0.3, -0.25) is 0 Å². The van der Waals surface area contributed by atoms with Gasteiger partial charge in [0.1, 0.15) is 0 Å². The van der Waals surface area contributed by atoms with Crippen molar-refractivity contribution in [2.45, 2.75) is 52.5 Å². The molecule has 1 fully saturated rings. The molecule has 1 aliphatic rings. The molecule has 1 N–H and O–H groups in total. The summed E-state index contributed by atoms with van der Waals surface area (Å²) in [6.07, 6.45) is 3.94. The monoisotopic (exact) mass is 212 g/mol. The van der Waals surface area contributed by atoms with Crippen molar-refractivity contribution in [1.29, 1.82) is 0 Å². The Morgan fingerprint density at radius 2 is 1.93 bits per heavy atom. The van der Waals surface area contributed by atoms with Gasteiger partial charge in [-0.1, -0.05) is 26.7 Å². The van der Waals surface area contributed by atoms with Gasteiger partial charge in [-0.15, -0.1) is 0 Å². The highest BCUT2D eigenvalue weighted by Crippen LogP contribution is 2.15. The highest BCUT2D eigenvalue weighted by atomic mass is 15.2. The zero-order valence-electron chi connectivity index (χ0n) is 11.0. The van der Waals surface area contributed by atoms with Gasteiger partial charge in [0.15, 0.2) is 0 Å². The lowest BCUT2D eigenvalue weighted by molar-refractivity contribution is 0.195. The Morgan fingerprint density at radius 3 is 2.53 bits per heavy atom. The maximum absolute atomic E-state index is 3.62. The summed E-state index contributed by atoms with van der Waals surface area (Å²) in [4.78, 5) is 2.65. The van der Waals surface area contributed by atoms with Gasteiger partial charge in [-0.2, -0.15) is 0 Å². The van der Waals surface area contributed by atoms with E-state index in [0.717, 1.165) is 5.92 Å². The average molecular weight is 212 g/mol. The molecule has 0 bridgehead atoms. The second kappa shape index (κ2) is 5.86. The molecule has 90 valence electrons. The third kappa shape index (κ3) is 4.52. The molecule has 1 aliphatic heterocycles. The molecule has 15 heavy (non-hydrogen) atoms. The van der Waals surface area contributed by atoms with Crippen LogP contribution in [0.4, 0.5) is 0 Å². The molecule has 0 aromatic rings. The third-order valence-corrected chi connectivity index (χ3v) is 3.54. The standard InChI is InChI=1S/C13H28N2/c1-5-12(6-2)10-15-9-7-8-14-13(3,4)11-15/h12,14H,5-11H2,1-4H3. The van der Waals surface area contributed by atoms with E-state index in [1.54, 1.807) is 0 Å². The maximum atomic E-state index is 3.62. The van der Waals surface area contributed by atoms with Gasteiger partial charge in [-0.05, 0) is 39.3 Å². The Labute approximate surface area is 95.4 Å². The summed E-state index contributed by atoms with van der Waals surface area (Å²) < 4.78 is 0. The largest absolute Gasteiger partial charge is 0.310 e. The van der Waals surface area contributed by atoms with Gasteiger partial charge in [0, 0.05) is 18.6 Å². The van der Waals surface area contributed by atoms with E-state index in [4.69, 9.17) is 0 Å². The van der Waals surface area contributed by atoms with E-state index in [-0.39, 0.29) is 0 Å². The van der Waals surface area contributed by atoms with Crippen LogP contribution in [0, 0.1) is 5.92 Å². The summed E-state index contributed by atoms with van der Waals surface area (Å²) >= 11 is 0.